The summed E-state index contributed by atoms with van der Waals surface area (Å²) in [5.74, 6) is -0.0168. The highest BCUT2D eigenvalue weighted by molar-refractivity contribution is 5.95. The number of hydrazine groups is 2. The molecule has 0 atom stereocenters. The molecule has 0 bridgehead atoms. The van der Waals surface area contributed by atoms with E-state index in [1.54, 1.807) is 9.80 Å². The van der Waals surface area contributed by atoms with E-state index < -0.39 is 5.60 Å². The molecular formula is C23H29N5O3. The molecule has 164 valence electrons. The standard InChI is InChI=1S/C23H29N5O3/c1-23(2,3)31-22(30)28-13-11-27(12-14-28)21(29)17-7-5-16(6-8-17)18-9-10-20-19(15-18)24-25-26(20)4/h5-10,15,24-25H,11-14H2,1-4H3. The highest BCUT2D eigenvalue weighted by atomic mass is 16.6. The molecule has 1 saturated heterocycles. The zero-order chi connectivity index (χ0) is 22.2. The van der Waals surface area contributed by atoms with Gasteiger partial charge in [0.25, 0.3) is 5.91 Å². The van der Waals surface area contributed by atoms with E-state index in [2.05, 4.69) is 29.2 Å². The Hall–Kier alpha value is -3.26. The third kappa shape index (κ3) is 4.59. The van der Waals surface area contributed by atoms with Crippen LogP contribution in [0.5, 0.6) is 0 Å². The Balaban J connectivity index is 1.38. The van der Waals surface area contributed by atoms with Crippen LogP contribution < -0.4 is 16.0 Å². The normalized spacial score (nSPS) is 16.1. The van der Waals surface area contributed by atoms with E-state index in [9.17, 15) is 9.59 Å². The molecule has 2 aliphatic rings. The van der Waals surface area contributed by atoms with Crippen molar-refractivity contribution >= 4 is 23.4 Å². The van der Waals surface area contributed by atoms with Gasteiger partial charge in [-0.2, -0.15) is 0 Å². The van der Waals surface area contributed by atoms with Crippen molar-refractivity contribution in [2.45, 2.75) is 26.4 Å². The van der Waals surface area contributed by atoms with Gasteiger partial charge in [0.2, 0.25) is 0 Å². The molecule has 0 spiro atoms. The van der Waals surface area contributed by atoms with Gasteiger partial charge in [0.1, 0.15) is 5.60 Å². The first-order chi connectivity index (χ1) is 14.7. The van der Waals surface area contributed by atoms with E-state index in [0.29, 0.717) is 31.7 Å². The van der Waals surface area contributed by atoms with E-state index in [1.807, 2.05) is 57.1 Å². The maximum atomic E-state index is 12.9. The van der Waals surface area contributed by atoms with Gasteiger partial charge in [0.15, 0.2) is 0 Å². The number of anilines is 2. The largest absolute Gasteiger partial charge is 0.444 e. The number of benzene rings is 2. The van der Waals surface area contributed by atoms with E-state index in [0.717, 1.165) is 22.5 Å². The smallest absolute Gasteiger partial charge is 0.410 e. The Kier molecular flexibility index (Phi) is 5.49. The second-order valence-corrected chi connectivity index (χ2v) is 8.86. The number of carbonyl (C=O) groups excluding carboxylic acids is 2. The van der Waals surface area contributed by atoms with Crippen molar-refractivity contribution in [3.8, 4) is 11.1 Å². The van der Waals surface area contributed by atoms with Crippen LogP contribution in [0.3, 0.4) is 0 Å². The second-order valence-electron chi connectivity index (χ2n) is 8.86. The zero-order valence-corrected chi connectivity index (χ0v) is 18.4. The van der Waals surface area contributed by atoms with Gasteiger partial charge in [0, 0.05) is 38.8 Å². The van der Waals surface area contributed by atoms with Crippen molar-refractivity contribution in [2.24, 2.45) is 0 Å². The number of hydrogen-bond donors (Lipinski definition) is 2. The number of hydrogen-bond acceptors (Lipinski definition) is 6. The number of piperazine rings is 1. The molecule has 31 heavy (non-hydrogen) atoms. The van der Waals surface area contributed by atoms with Crippen molar-refractivity contribution in [1.29, 1.82) is 0 Å². The highest BCUT2D eigenvalue weighted by Gasteiger charge is 2.28. The fourth-order valence-corrected chi connectivity index (χ4v) is 3.72. The molecule has 0 saturated carbocycles. The number of amides is 2. The molecule has 4 rings (SSSR count). The summed E-state index contributed by atoms with van der Waals surface area (Å²) in [6.45, 7) is 7.50. The summed E-state index contributed by atoms with van der Waals surface area (Å²) < 4.78 is 5.42. The quantitative estimate of drug-likeness (QED) is 0.772. The van der Waals surface area contributed by atoms with Crippen LogP contribution in [-0.4, -0.2) is 60.6 Å². The molecule has 8 heteroatoms. The van der Waals surface area contributed by atoms with Gasteiger partial charge in [-0.3, -0.25) is 9.80 Å². The lowest BCUT2D eigenvalue weighted by Gasteiger charge is -2.35. The molecule has 1 fully saturated rings. The van der Waals surface area contributed by atoms with Crippen molar-refractivity contribution in [2.75, 3.05) is 43.7 Å². The topological polar surface area (TPSA) is 77.2 Å². The summed E-state index contributed by atoms with van der Waals surface area (Å²) in [7, 11) is 1.95. The molecule has 8 nitrogen and oxygen atoms in total. The predicted octanol–water partition coefficient (Wildman–Crippen LogP) is 3.33. The Morgan fingerprint density at radius 2 is 1.52 bits per heavy atom. The Labute approximate surface area is 182 Å². The van der Waals surface area contributed by atoms with Gasteiger partial charge in [-0.25, -0.2) is 4.79 Å². The average Bonchev–Trinajstić information content (AvgIpc) is 3.12. The molecule has 2 aromatic carbocycles. The molecule has 2 heterocycles. The molecular weight excluding hydrogens is 394 g/mol. The monoisotopic (exact) mass is 423 g/mol. The van der Waals surface area contributed by atoms with Crippen LogP contribution in [0.2, 0.25) is 0 Å². The summed E-state index contributed by atoms with van der Waals surface area (Å²) in [4.78, 5) is 28.6. The molecule has 0 radical (unpaired) electrons. The van der Waals surface area contributed by atoms with Crippen LogP contribution in [0.1, 0.15) is 31.1 Å². The van der Waals surface area contributed by atoms with Gasteiger partial charge in [0.05, 0.1) is 11.4 Å². The average molecular weight is 424 g/mol. The lowest BCUT2D eigenvalue weighted by molar-refractivity contribution is 0.0141. The minimum absolute atomic E-state index is 0.0168. The molecule has 2 amide bonds. The zero-order valence-electron chi connectivity index (χ0n) is 18.4. The van der Waals surface area contributed by atoms with Crippen molar-refractivity contribution in [3.05, 3.63) is 48.0 Å². The summed E-state index contributed by atoms with van der Waals surface area (Å²) in [6, 6.07) is 13.9. The van der Waals surface area contributed by atoms with Crippen LogP contribution >= 0.6 is 0 Å². The van der Waals surface area contributed by atoms with E-state index >= 15 is 0 Å². The molecule has 0 unspecified atom stereocenters. The number of nitrogens with zero attached hydrogens (tertiary/aromatic N) is 3. The van der Waals surface area contributed by atoms with Crippen molar-refractivity contribution < 1.29 is 14.3 Å². The van der Waals surface area contributed by atoms with E-state index in [4.69, 9.17) is 4.74 Å². The maximum Gasteiger partial charge on any atom is 0.410 e. The van der Waals surface area contributed by atoms with Gasteiger partial charge in [-0.05, 0) is 56.2 Å². The lowest BCUT2D eigenvalue weighted by Crippen LogP contribution is -2.51. The molecule has 2 aliphatic heterocycles. The first kappa shape index (κ1) is 21.0. The molecule has 0 aromatic heterocycles. The maximum absolute atomic E-state index is 12.9. The number of nitrogens with one attached hydrogen (secondary N) is 2. The minimum Gasteiger partial charge on any atom is -0.444 e. The summed E-state index contributed by atoms with van der Waals surface area (Å²) in [6.07, 6.45) is -0.325. The van der Waals surface area contributed by atoms with E-state index in [1.165, 1.54) is 0 Å². The minimum atomic E-state index is -0.521. The summed E-state index contributed by atoms with van der Waals surface area (Å²) >= 11 is 0. The van der Waals surface area contributed by atoms with Crippen LogP contribution in [0, 0.1) is 0 Å². The number of rotatable bonds is 2. The molecule has 2 N–H and O–H groups in total. The van der Waals surface area contributed by atoms with Crippen molar-refractivity contribution in [1.82, 2.24) is 15.3 Å². The highest BCUT2D eigenvalue weighted by Crippen LogP contribution is 2.32. The SMILES string of the molecule is CN1NNc2cc(-c3ccc(C(=O)N4CCN(C(=O)OC(C)(C)C)CC4)cc3)ccc21. The fourth-order valence-electron chi connectivity index (χ4n) is 3.72. The Morgan fingerprint density at radius 3 is 2.16 bits per heavy atom. The van der Waals surface area contributed by atoms with Gasteiger partial charge in [-0.15, -0.1) is 5.53 Å². The molecule has 0 aliphatic carbocycles. The van der Waals surface area contributed by atoms with E-state index in [-0.39, 0.29) is 12.0 Å². The number of carbonyl (C=O) groups is 2. The third-order valence-corrected chi connectivity index (χ3v) is 5.40. The number of ether oxygens (including phenoxy) is 1. The second kappa shape index (κ2) is 8.11. The third-order valence-electron chi connectivity index (χ3n) is 5.40. The predicted molar refractivity (Wildman–Crippen MR) is 121 cm³/mol. The first-order valence-electron chi connectivity index (χ1n) is 10.5. The van der Waals surface area contributed by atoms with Crippen molar-refractivity contribution in [3.63, 3.8) is 0 Å². The van der Waals surface area contributed by atoms with Crippen LogP contribution in [0.4, 0.5) is 16.2 Å². The van der Waals surface area contributed by atoms with Gasteiger partial charge < -0.3 is 20.0 Å². The summed E-state index contributed by atoms with van der Waals surface area (Å²) in [5, 5.41) is 1.92. The van der Waals surface area contributed by atoms with Crippen LogP contribution in [0.15, 0.2) is 42.5 Å². The summed E-state index contributed by atoms with van der Waals surface area (Å²) in [5.41, 5.74) is 10.5. The van der Waals surface area contributed by atoms with Gasteiger partial charge >= 0.3 is 6.09 Å². The van der Waals surface area contributed by atoms with Crippen LogP contribution in [-0.2, 0) is 4.74 Å². The number of fused-ring (bicyclic) bond motifs is 1. The lowest BCUT2D eigenvalue weighted by atomic mass is 10.0. The van der Waals surface area contributed by atoms with Gasteiger partial charge in [-0.1, -0.05) is 18.2 Å². The molecule has 2 aromatic rings. The fraction of sp³-hybridized carbons (Fsp3) is 0.391. The Morgan fingerprint density at radius 1 is 0.903 bits per heavy atom. The first-order valence-corrected chi connectivity index (χ1v) is 10.5. The Bertz CT molecular complexity index is 976. The van der Waals surface area contributed by atoms with Crippen LogP contribution in [0.25, 0.3) is 11.1 Å².